The molecule has 1 amide bonds. The Morgan fingerprint density at radius 1 is 1.19 bits per heavy atom. The van der Waals surface area contributed by atoms with Crippen LogP contribution in [0.15, 0.2) is 42.6 Å². The molecule has 0 saturated heterocycles. The third-order valence-corrected chi connectivity index (χ3v) is 3.98. The van der Waals surface area contributed by atoms with Crippen molar-refractivity contribution >= 4 is 27.3 Å². The molecule has 2 N–H and O–H groups in total. The number of amides is 1. The summed E-state index contributed by atoms with van der Waals surface area (Å²) < 4.78 is 30.7. The highest BCUT2D eigenvalue weighted by Gasteiger charge is 2.14. The second kappa shape index (κ2) is 8.66. The molecular formula is C18H23N3O4S. The standard InChI is InChI=1S/C18H23N3O4S/c1-13(2)9-11-25-18-16(8-5-10-19-18)17(22)20-14-6-4-7-15(12-14)21-26(3,23)24/h4-8,10,12-13,21H,9,11H2,1-3H3,(H,20,22). The first-order chi connectivity index (χ1) is 12.2. The first-order valence-corrected chi connectivity index (χ1v) is 10.1. The maximum absolute atomic E-state index is 12.6. The number of ether oxygens (including phenoxy) is 1. The Morgan fingerprint density at radius 3 is 2.62 bits per heavy atom. The van der Waals surface area contributed by atoms with Crippen LogP contribution in [0.3, 0.4) is 0 Å². The van der Waals surface area contributed by atoms with Crippen molar-refractivity contribution < 1.29 is 17.9 Å². The number of rotatable bonds is 8. The van der Waals surface area contributed by atoms with E-state index >= 15 is 0 Å². The largest absolute Gasteiger partial charge is 0.477 e. The van der Waals surface area contributed by atoms with Crippen LogP contribution in [0, 0.1) is 5.92 Å². The average Bonchev–Trinajstić information content (AvgIpc) is 2.53. The maximum atomic E-state index is 12.6. The van der Waals surface area contributed by atoms with Crippen LogP contribution in [-0.4, -0.2) is 32.2 Å². The van der Waals surface area contributed by atoms with Crippen LogP contribution in [0.4, 0.5) is 11.4 Å². The molecule has 0 spiro atoms. The molecule has 0 saturated carbocycles. The van der Waals surface area contributed by atoms with Gasteiger partial charge >= 0.3 is 0 Å². The summed E-state index contributed by atoms with van der Waals surface area (Å²) in [6.07, 6.45) is 3.49. The van der Waals surface area contributed by atoms with E-state index in [2.05, 4.69) is 28.9 Å². The summed E-state index contributed by atoms with van der Waals surface area (Å²) in [5, 5.41) is 2.73. The molecule has 0 aliphatic carbocycles. The number of aromatic nitrogens is 1. The molecule has 7 nitrogen and oxygen atoms in total. The zero-order valence-electron chi connectivity index (χ0n) is 15.0. The van der Waals surface area contributed by atoms with Crippen molar-refractivity contribution in [3.8, 4) is 5.88 Å². The second-order valence-electron chi connectivity index (χ2n) is 6.30. The fraction of sp³-hybridized carbons (Fsp3) is 0.333. The van der Waals surface area contributed by atoms with Gasteiger partial charge in [-0.3, -0.25) is 9.52 Å². The highest BCUT2D eigenvalue weighted by atomic mass is 32.2. The van der Waals surface area contributed by atoms with Gasteiger partial charge in [-0.25, -0.2) is 13.4 Å². The molecular weight excluding hydrogens is 354 g/mol. The van der Waals surface area contributed by atoms with Gasteiger partial charge in [0.25, 0.3) is 5.91 Å². The SMILES string of the molecule is CC(C)CCOc1ncccc1C(=O)Nc1cccc(NS(C)(=O)=O)c1. The number of nitrogens with zero attached hydrogens (tertiary/aromatic N) is 1. The Labute approximate surface area is 153 Å². The minimum Gasteiger partial charge on any atom is -0.477 e. The molecule has 2 rings (SSSR count). The predicted octanol–water partition coefficient (Wildman–Crippen LogP) is 3.13. The molecule has 1 aromatic heterocycles. The topological polar surface area (TPSA) is 97.4 Å². The van der Waals surface area contributed by atoms with Crippen molar-refractivity contribution in [3.63, 3.8) is 0 Å². The van der Waals surface area contributed by atoms with E-state index in [0.29, 0.717) is 29.5 Å². The molecule has 0 aliphatic heterocycles. The van der Waals surface area contributed by atoms with E-state index < -0.39 is 10.0 Å². The van der Waals surface area contributed by atoms with Crippen molar-refractivity contribution in [1.29, 1.82) is 0 Å². The van der Waals surface area contributed by atoms with Crippen molar-refractivity contribution in [2.24, 2.45) is 5.92 Å². The van der Waals surface area contributed by atoms with E-state index in [1.165, 1.54) is 6.07 Å². The zero-order chi connectivity index (χ0) is 19.2. The molecule has 1 aromatic carbocycles. The molecule has 140 valence electrons. The summed E-state index contributed by atoms with van der Waals surface area (Å²) >= 11 is 0. The minimum atomic E-state index is -3.39. The van der Waals surface area contributed by atoms with Crippen LogP contribution in [-0.2, 0) is 10.0 Å². The van der Waals surface area contributed by atoms with E-state index in [-0.39, 0.29) is 11.8 Å². The summed E-state index contributed by atoms with van der Waals surface area (Å²) in [4.78, 5) is 16.7. The van der Waals surface area contributed by atoms with Crippen LogP contribution < -0.4 is 14.8 Å². The van der Waals surface area contributed by atoms with Crippen LogP contribution in [0.5, 0.6) is 5.88 Å². The maximum Gasteiger partial charge on any atom is 0.261 e. The first-order valence-electron chi connectivity index (χ1n) is 8.21. The van der Waals surface area contributed by atoms with Crippen molar-refractivity contribution in [1.82, 2.24) is 4.98 Å². The quantitative estimate of drug-likeness (QED) is 0.737. The Bertz CT molecular complexity index is 866. The fourth-order valence-electron chi connectivity index (χ4n) is 2.14. The van der Waals surface area contributed by atoms with Crippen molar-refractivity contribution in [2.45, 2.75) is 20.3 Å². The highest BCUT2D eigenvalue weighted by Crippen LogP contribution is 2.20. The number of sulfonamides is 1. The van der Waals surface area contributed by atoms with Crippen LogP contribution in [0.2, 0.25) is 0 Å². The van der Waals surface area contributed by atoms with E-state index in [9.17, 15) is 13.2 Å². The van der Waals surface area contributed by atoms with Gasteiger partial charge in [-0.1, -0.05) is 19.9 Å². The lowest BCUT2D eigenvalue weighted by Crippen LogP contribution is -2.15. The molecule has 0 fully saturated rings. The lowest BCUT2D eigenvalue weighted by atomic mass is 10.1. The number of hydrogen-bond donors (Lipinski definition) is 2. The number of hydrogen-bond acceptors (Lipinski definition) is 5. The van der Waals surface area contributed by atoms with E-state index in [1.54, 1.807) is 36.5 Å². The Hall–Kier alpha value is -2.61. The number of nitrogens with one attached hydrogen (secondary N) is 2. The molecule has 0 unspecified atom stereocenters. The summed E-state index contributed by atoms with van der Waals surface area (Å²) in [7, 11) is -3.39. The summed E-state index contributed by atoms with van der Waals surface area (Å²) in [5.74, 6) is 0.381. The number of carbonyl (C=O) groups is 1. The minimum absolute atomic E-state index is 0.274. The molecule has 0 aliphatic rings. The lowest BCUT2D eigenvalue weighted by Gasteiger charge is -2.12. The zero-order valence-corrected chi connectivity index (χ0v) is 15.8. The van der Waals surface area contributed by atoms with Gasteiger partial charge in [0.2, 0.25) is 15.9 Å². The van der Waals surface area contributed by atoms with Gasteiger partial charge in [0, 0.05) is 11.9 Å². The molecule has 2 aromatic rings. The number of carbonyl (C=O) groups excluding carboxylic acids is 1. The fourth-order valence-corrected chi connectivity index (χ4v) is 2.70. The van der Waals surface area contributed by atoms with Gasteiger partial charge in [-0.05, 0) is 42.7 Å². The third-order valence-electron chi connectivity index (χ3n) is 3.37. The molecule has 0 atom stereocenters. The van der Waals surface area contributed by atoms with Crippen LogP contribution in [0.1, 0.15) is 30.6 Å². The molecule has 8 heteroatoms. The Morgan fingerprint density at radius 2 is 1.92 bits per heavy atom. The summed E-state index contributed by atoms with van der Waals surface area (Å²) in [6.45, 7) is 4.66. The predicted molar refractivity (Wildman–Crippen MR) is 102 cm³/mol. The van der Waals surface area contributed by atoms with Crippen molar-refractivity contribution in [2.75, 3.05) is 22.9 Å². The van der Waals surface area contributed by atoms with Crippen molar-refractivity contribution in [3.05, 3.63) is 48.2 Å². The average molecular weight is 377 g/mol. The molecule has 0 radical (unpaired) electrons. The third kappa shape index (κ3) is 6.36. The van der Waals surface area contributed by atoms with E-state index in [1.807, 2.05) is 0 Å². The van der Waals surface area contributed by atoms with Crippen LogP contribution in [0.25, 0.3) is 0 Å². The first kappa shape index (κ1) is 19.7. The van der Waals surface area contributed by atoms with Gasteiger partial charge in [0.15, 0.2) is 0 Å². The molecule has 0 bridgehead atoms. The monoisotopic (exact) mass is 377 g/mol. The van der Waals surface area contributed by atoms with Crippen LogP contribution >= 0.6 is 0 Å². The summed E-state index contributed by atoms with van der Waals surface area (Å²) in [5.41, 5.74) is 1.14. The number of benzene rings is 1. The number of pyridine rings is 1. The van der Waals surface area contributed by atoms with Gasteiger partial charge in [-0.2, -0.15) is 0 Å². The van der Waals surface area contributed by atoms with E-state index in [0.717, 1.165) is 12.7 Å². The van der Waals surface area contributed by atoms with Gasteiger partial charge in [0.1, 0.15) is 5.56 Å². The van der Waals surface area contributed by atoms with Gasteiger partial charge in [0.05, 0.1) is 18.6 Å². The van der Waals surface area contributed by atoms with Gasteiger partial charge < -0.3 is 10.1 Å². The molecule has 1 heterocycles. The molecule has 26 heavy (non-hydrogen) atoms. The summed E-state index contributed by atoms with van der Waals surface area (Å²) in [6, 6.07) is 9.74. The lowest BCUT2D eigenvalue weighted by molar-refractivity contribution is 0.102. The second-order valence-corrected chi connectivity index (χ2v) is 8.04. The smallest absolute Gasteiger partial charge is 0.261 e. The van der Waals surface area contributed by atoms with Gasteiger partial charge in [-0.15, -0.1) is 0 Å². The Balaban J connectivity index is 2.12. The highest BCUT2D eigenvalue weighted by molar-refractivity contribution is 7.92. The number of anilines is 2. The Kier molecular flexibility index (Phi) is 6.57. The normalized spacial score (nSPS) is 11.2. The van der Waals surface area contributed by atoms with E-state index in [4.69, 9.17) is 4.74 Å².